The molecule has 0 fully saturated rings. The van der Waals surface area contributed by atoms with E-state index in [9.17, 15) is 0 Å². The molecule has 1 heterocycles. The first kappa shape index (κ1) is 15.7. The highest BCUT2D eigenvalue weighted by molar-refractivity contribution is 5.45. The van der Waals surface area contributed by atoms with Crippen LogP contribution in [0.15, 0.2) is 6.07 Å². The molecule has 0 aliphatic heterocycles. The average molecular weight is 266 g/mol. The number of hydrogen-bond acceptors (Lipinski definition) is 5. The molecule has 0 spiro atoms. The molecule has 1 atom stereocenters. The predicted octanol–water partition coefficient (Wildman–Crippen LogP) is 2.66. The molecule has 0 aliphatic carbocycles. The van der Waals surface area contributed by atoms with Gasteiger partial charge in [-0.05, 0) is 12.8 Å². The highest BCUT2D eigenvalue weighted by Crippen LogP contribution is 2.17. The second kappa shape index (κ2) is 7.28. The van der Waals surface area contributed by atoms with Crippen molar-refractivity contribution >= 4 is 11.6 Å². The summed E-state index contributed by atoms with van der Waals surface area (Å²) in [4.78, 5) is 8.75. The van der Waals surface area contributed by atoms with Gasteiger partial charge in [0.15, 0.2) is 0 Å². The van der Waals surface area contributed by atoms with E-state index < -0.39 is 0 Å². The summed E-state index contributed by atoms with van der Waals surface area (Å²) in [6, 6.07) is 1.99. The number of nitrogens with two attached hydrogens (primary N) is 1. The summed E-state index contributed by atoms with van der Waals surface area (Å²) in [6.07, 6.45) is 0. The highest BCUT2D eigenvalue weighted by atomic mass is 16.5. The van der Waals surface area contributed by atoms with E-state index in [0.29, 0.717) is 24.9 Å². The number of nitrogens with one attached hydrogen (secondary N) is 1. The zero-order valence-electron chi connectivity index (χ0n) is 12.6. The molecule has 1 aromatic rings. The van der Waals surface area contributed by atoms with Crippen molar-refractivity contribution in [1.82, 2.24) is 9.97 Å². The monoisotopic (exact) mass is 266 g/mol. The third kappa shape index (κ3) is 5.03. The SMILES string of the molecule is CCOCC(Nc1cc(N)nc(C(C)C)n1)C(C)C. The van der Waals surface area contributed by atoms with Crippen LogP contribution < -0.4 is 11.1 Å². The van der Waals surface area contributed by atoms with Crippen LogP contribution in [0, 0.1) is 5.92 Å². The van der Waals surface area contributed by atoms with Crippen LogP contribution in [-0.2, 0) is 4.74 Å². The van der Waals surface area contributed by atoms with Gasteiger partial charge in [-0.1, -0.05) is 27.7 Å². The molecular formula is C14H26N4O. The Labute approximate surface area is 116 Å². The molecule has 1 unspecified atom stereocenters. The van der Waals surface area contributed by atoms with Crippen molar-refractivity contribution in [2.75, 3.05) is 24.3 Å². The fourth-order valence-electron chi connectivity index (χ4n) is 1.65. The Morgan fingerprint density at radius 2 is 1.95 bits per heavy atom. The van der Waals surface area contributed by atoms with Crippen molar-refractivity contribution in [2.24, 2.45) is 5.92 Å². The van der Waals surface area contributed by atoms with Crippen molar-refractivity contribution in [3.8, 4) is 0 Å². The van der Waals surface area contributed by atoms with Gasteiger partial charge >= 0.3 is 0 Å². The van der Waals surface area contributed by atoms with Gasteiger partial charge in [-0.2, -0.15) is 0 Å². The van der Waals surface area contributed by atoms with Crippen LogP contribution in [0.1, 0.15) is 46.4 Å². The van der Waals surface area contributed by atoms with Crippen molar-refractivity contribution < 1.29 is 4.74 Å². The van der Waals surface area contributed by atoms with E-state index in [2.05, 4.69) is 43.0 Å². The minimum absolute atomic E-state index is 0.217. The van der Waals surface area contributed by atoms with Gasteiger partial charge in [-0.15, -0.1) is 0 Å². The Balaban J connectivity index is 2.83. The molecule has 0 radical (unpaired) electrons. The van der Waals surface area contributed by atoms with Gasteiger partial charge in [-0.25, -0.2) is 9.97 Å². The standard InChI is InChI=1S/C14H26N4O/c1-6-19-8-11(9(2)3)16-13-7-12(15)17-14(18-13)10(4)5/h7,9-11H,6,8H2,1-5H3,(H3,15,16,17,18). The summed E-state index contributed by atoms with van der Waals surface area (Å²) in [6.45, 7) is 11.8. The molecule has 3 N–H and O–H groups in total. The second-order valence-corrected chi connectivity index (χ2v) is 5.35. The summed E-state index contributed by atoms with van der Waals surface area (Å²) < 4.78 is 5.50. The van der Waals surface area contributed by atoms with Gasteiger partial charge in [0.1, 0.15) is 17.5 Å². The average Bonchev–Trinajstić information content (AvgIpc) is 2.33. The van der Waals surface area contributed by atoms with Crippen LogP contribution in [-0.4, -0.2) is 29.2 Å². The van der Waals surface area contributed by atoms with Gasteiger partial charge in [-0.3, -0.25) is 0 Å². The maximum atomic E-state index is 5.83. The fraction of sp³-hybridized carbons (Fsp3) is 0.714. The molecule has 5 nitrogen and oxygen atoms in total. The number of ether oxygens (including phenoxy) is 1. The topological polar surface area (TPSA) is 73.1 Å². The van der Waals surface area contributed by atoms with Crippen LogP contribution in [0.25, 0.3) is 0 Å². The zero-order valence-corrected chi connectivity index (χ0v) is 12.6. The Morgan fingerprint density at radius 3 is 2.47 bits per heavy atom. The molecule has 1 rings (SSSR count). The first-order valence-corrected chi connectivity index (χ1v) is 6.92. The molecule has 0 saturated carbocycles. The number of anilines is 2. The minimum atomic E-state index is 0.217. The van der Waals surface area contributed by atoms with Crippen LogP contribution in [0.5, 0.6) is 0 Å². The zero-order chi connectivity index (χ0) is 14.4. The van der Waals surface area contributed by atoms with Gasteiger partial charge in [0, 0.05) is 18.6 Å². The van der Waals surface area contributed by atoms with E-state index >= 15 is 0 Å². The lowest BCUT2D eigenvalue weighted by Crippen LogP contribution is -2.31. The Morgan fingerprint density at radius 1 is 1.26 bits per heavy atom. The Bertz CT molecular complexity index is 393. The molecule has 0 aromatic carbocycles. The Kier molecular flexibility index (Phi) is 6.02. The molecule has 108 valence electrons. The number of nitrogen functional groups attached to an aromatic ring is 1. The lowest BCUT2D eigenvalue weighted by atomic mass is 10.1. The number of aromatic nitrogens is 2. The Hall–Kier alpha value is -1.36. The van der Waals surface area contributed by atoms with Crippen LogP contribution >= 0.6 is 0 Å². The molecule has 19 heavy (non-hydrogen) atoms. The summed E-state index contributed by atoms with van der Waals surface area (Å²) in [5.74, 6) is 2.75. The second-order valence-electron chi connectivity index (χ2n) is 5.35. The van der Waals surface area contributed by atoms with Crippen LogP contribution in [0.4, 0.5) is 11.6 Å². The molecule has 0 amide bonds. The largest absolute Gasteiger partial charge is 0.384 e. The lowest BCUT2D eigenvalue weighted by Gasteiger charge is -2.23. The van der Waals surface area contributed by atoms with Crippen LogP contribution in [0.3, 0.4) is 0 Å². The van der Waals surface area contributed by atoms with E-state index in [1.807, 2.05) is 6.92 Å². The van der Waals surface area contributed by atoms with Crippen molar-refractivity contribution in [2.45, 2.75) is 46.6 Å². The third-order valence-corrected chi connectivity index (χ3v) is 2.92. The smallest absolute Gasteiger partial charge is 0.135 e. The van der Waals surface area contributed by atoms with Crippen molar-refractivity contribution in [1.29, 1.82) is 0 Å². The third-order valence-electron chi connectivity index (χ3n) is 2.92. The summed E-state index contributed by atoms with van der Waals surface area (Å²) in [5.41, 5.74) is 5.83. The normalized spacial score (nSPS) is 13.0. The molecule has 5 heteroatoms. The van der Waals surface area contributed by atoms with E-state index in [-0.39, 0.29) is 12.0 Å². The highest BCUT2D eigenvalue weighted by Gasteiger charge is 2.15. The molecular weight excluding hydrogens is 240 g/mol. The van der Waals surface area contributed by atoms with Gasteiger partial charge in [0.05, 0.1) is 12.6 Å². The maximum absolute atomic E-state index is 5.83. The van der Waals surface area contributed by atoms with Crippen molar-refractivity contribution in [3.63, 3.8) is 0 Å². The van der Waals surface area contributed by atoms with Crippen LogP contribution in [0.2, 0.25) is 0 Å². The fourth-order valence-corrected chi connectivity index (χ4v) is 1.65. The van der Waals surface area contributed by atoms with Crippen molar-refractivity contribution in [3.05, 3.63) is 11.9 Å². The maximum Gasteiger partial charge on any atom is 0.135 e. The van der Waals surface area contributed by atoms with E-state index in [1.165, 1.54) is 0 Å². The number of hydrogen-bond donors (Lipinski definition) is 2. The first-order chi connectivity index (χ1) is 8.93. The van der Waals surface area contributed by atoms with E-state index in [4.69, 9.17) is 10.5 Å². The molecule has 0 bridgehead atoms. The summed E-state index contributed by atoms with van der Waals surface area (Å²) >= 11 is 0. The molecule has 0 saturated heterocycles. The minimum Gasteiger partial charge on any atom is -0.384 e. The molecule has 1 aromatic heterocycles. The van der Waals surface area contributed by atoms with Gasteiger partial charge < -0.3 is 15.8 Å². The number of rotatable bonds is 7. The van der Waals surface area contributed by atoms with E-state index in [1.54, 1.807) is 6.07 Å². The molecule has 0 aliphatic rings. The lowest BCUT2D eigenvalue weighted by molar-refractivity contribution is 0.126. The van der Waals surface area contributed by atoms with Gasteiger partial charge in [0.2, 0.25) is 0 Å². The summed E-state index contributed by atoms with van der Waals surface area (Å²) in [7, 11) is 0. The first-order valence-electron chi connectivity index (χ1n) is 6.92. The summed E-state index contributed by atoms with van der Waals surface area (Å²) in [5, 5.41) is 3.39. The van der Waals surface area contributed by atoms with E-state index in [0.717, 1.165) is 11.6 Å². The quantitative estimate of drug-likeness (QED) is 0.793. The predicted molar refractivity (Wildman–Crippen MR) is 79.3 cm³/mol. The van der Waals surface area contributed by atoms with Gasteiger partial charge in [0.25, 0.3) is 0 Å². The number of nitrogens with zero attached hydrogens (tertiary/aromatic N) is 2.